The Bertz CT molecular complexity index is 872. The molecule has 4 rings (SSSR count). The van der Waals surface area contributed by atoms with E-state index in [1.807, 2.05) is 18.2 Å². The van der Waals surface area contributed by atoms with Crippen molar-refractivity contribution in [1.29, 1.82) is 0 Å². The van der Waals surface area contributed by atoms with Crippen LogP contribution in [0.15, 0.2) is 28.0 Å². The number of carbonyl (C=O) groups is 1. The Hall–Kier alpha value is -1.96. The minimum Gasteiger partial charge on any atom is -0.440 e. The van der Waals surface area contributed by atoms with E-state index < -0.39 is 0 Å². The first-order valence-corrected chi connectivity index (χ1v) is 8.47. The van der Waals surface area contributed by atoms with Crippen LogP contribution in [-0.4, -0.2) is 22.4 Å². The molecular formula is C16H17ClN4O2S. The molecule has 126 valence electrons. The van der Waals surface area contributed by atoms with Crippen molar-refractivity contribution in [2.24, 2.45) is 5.73 Å². The molecule has 1 amide bonds. The summed E-state index contributed by atoms with van der Waals surface area (Å²) in [7, 11) is 0. The van der Waals surface area contributed by atoms with Crippen LogP contribution in [0.2, 0.25) is 0 Å². The van der Waals surface area contributed by atoms with Gasteiger partial charge in [-0.15, -0.1) is 23.7 Å². The fourth-order valence-electron chi connectivity index (χ4n) is 2.38. The summed E-state index contributed by atoms with van der Waals surface area (Å²) in [6.45, 7) is 0.528. The molecule has 2 heterocycles. The largest absolute Gasteiger partial charge is 0.440 e. The molecular weight excluding hydrogens is 348 g/mol. The highest BCUT2D eigenvalue weighted by Crippen LogP contribution is 2.40. The topological polar surface area (TPSA) is 94.0 Å². The molecule has 24 heavy (non-hydrogen) atoms. The molecule has 3 N–H and O–H groups in total. The Morgan fingerprint density at radius 3 is 2.96 bits per heavy atom. The molecule has 0 radical (unpaired) electrons. The summed E-state index contributed by atoms with van der Waals surface area (Å²) >= 11 is 1.45. The van der Waals surface area contributed by atoms with Gasteiger partial charge in [-0.2, -0.15) is 0 Å². The average Bonchev–Trinajstić information content (AvgIpc) is 3.13. The highest BCUT2D eigenvalue weighted by molar-refractivity contribution is 7.09. The number of thiazole rings is 1. The summed E-state index contributed by atoms with van der Waals surface area (Å²) in [6, 6.07) is 5.48. The molecule has 0 spiro atoms. The maximum atomic E-state index is 12.2. The lowest BCUT2D eigenvalue weighted by Crippen LogP contribution is -2.12. The van der Waals surface area contributed by atoms with Crippen LogP contribution >= 0.6 is 23.7 Å². The van der Waals surface area contributed by atoms with Crippen molar-refractivity contribution in [2.45, 2.75) is 25.2 Å². The number of nitrogens with one attached hydrogen (secondary N) is 1. The molecule has 1 aliphatic rings. The number of aromatic nitrogens is 2. The summed E-state index contributed by atoms with van der Waals surface area (Å²) in [5, 5.41) is 5.48. The lowest BCUT2D eigenvalue weighted by Gasteiger charge is -2.02. The van der Waals surface area contributed by atoms with E-state index in [2.05, 4.69) is 15.3 Å². The van der Waals surface area contributed by atoms with Crippen LogP contribution in [0.1, 0.15) is 40.1 Å². The molecule has 1 saturated carbocycles. The minimum atomic E-state index is -0.227. The van der Waals surface area contributed by atoms with Gasteiger partial charge in [-0.25, -0.2) is 9.97 Å². The van der Waals surface area contributed by atoms with E-state index in [1.165, 1.54) is 11.3 Å². The van der Waals surface area contributed by atoms with E-state index in [-0.39, 0.29) is 18.3 Å². The molecule has 0 atom stereocenters. The first-order valence-electron chi connectivity index (χ1n) is 7.59. The van der Waals surface area contributed by atoms with E-state index in [0.717, 1.165) is 34.8 Å². The van der Waals surface area contributed by atoms with Crippen molar-refractivity contribution >= 4 is 46.4 Å². The Morgan fingerprint density at radius 1 is 1.38 bits per heavy atom. The molecule has 0 unspecified atom stereocenters. The number of carbonyl (C=O) groups excluding carboxylic acids is 1. The molecule has 1 aromatic carbocycles. The summed E-state index contributed by atoms with van der Waals surface area (Å²) in [5.41, 5.74) is 8.12. The predicted molar refractivity (Wildman–Crippen MR) is 96.1 cm³/mol. The summed E-state index contributed by atoms with van der Waals surface area (Å²) in [6.07, 6.45) is 2.98. The lowest BCUT2D eigenvalue weighted by molar-refractivity contribution is 0.102. The third-order valence-corrected chi connectivity index (χ3v) is 4.64. The summed E-state index contributed by atoms with van der Waals surface area (Å²) < 4.78 is 5.72. The van der Waals surface area contributed by atoms with Gasteiger partial charge in [0.15, 0.2) is 11.5 Å². The second kappa shape index (κ2) is 6.88. The number of nitrogens with two attached hydrogens (primary N) is 1. The second-order valence-corrected chi connectivity index (χ2v) is 6.57. The van der Waals surface area contributed by atoms with Crippen molar-refractivity contribution in [3.05, 3.63) is 40.2 Å². The van der Waals surface area contributed by atoms with Crippen molar-refractivity contribution in [2.75, 3.05) is 11.9 Å². The normalized spacial score (nSPS) is 13.7. The maximum Gasteiger partial charge on any atom is 0.275 e. The summed E-state index contributed by atoms with van der Waals surface area (Å²) in [4.78, 5) is 21.0. The minimum absolute atomic E-state index is 0. The fraction of sp³-hybridized carbons (Fsp3) is 0.312. The highest BCUT2D eigenvalue weighted by atomic mass is 35.5. The first-order chi connectivity index (χ1) is 11.2. The Kier molecular flexibility index (Phi) is 4.84. The molecule has 1 fully saturated rings. The van der Waals surface area contributed by atoms with Gasteiger partial charge in [0.05, 0.1) is 5.01 Å². The van der Waals surface area contributed by atoms with Gasteiger partial charge in [0, 0.05) is 23.4 Å². The van der Waals surface area contributed by atoms with Crippen LogP contribution in [0.3, 0.4) is 0 Å². The Balaban J connectivity index is 0.00000169. The highest BCUT2D eigenvalue weighted by Gasteiger charge is 2.28. The Labute approximate surface area is 148 Å². The quantitative estimate of drug-likeness (QED) is 0.724. The van der Waals surface area contributed by atoms with Crippen LogP contribution in [-0.2, 0) is 6.42 Å². The predicted octanol–water partition coefficient (Wildman–Crippen LogP) is 3.34. The number of nitrogens with zero attached hydrogens (tertiary/aromatic N) is 2. The van der Waals surface area contributed by atoms with E-state index in [0.29, 0.717) is 30.3 Å². The van der Waals surface area contributed by atoms with Gasteiger partial charge in [0.2, 0.25) is 0 Å². The zero-order valence-corrected chi connectivity index (χ0v) is 14.5. The number of rotatable bonds is 5. The van der Waals surface area contributed by atoms with Gasteiger partial charge < -0.3 is 15.5 Å². The number of benzene rings is 1. The van der Waals surface area contributed by atoms with E-state index in [4.69, 9.17) is 10.2 Å². The van der Waals surface area contributed by atoms with Crippen LogP contribution in [0.25, 0.3) is 11.1 Å². The zero-order chi connectivity index (χ0) is 15.8. The number of halogens is 1. The van der Waals surface area contributed by atoms with Gasteiger partial charge in [0.25, 0.3) is 5.91 Å². The number of amides is 1. The maximum absolute atomic E-state index is 12.2. The third-order valence-electron chi connectivity index (χ3n) is 3.73. The van der Waals surface area contributed by atoms with E-state index in [1.54, 1.807) is 5.38 Å². The average molecular weight is 365 g/mol. The van der Waals surface area contributed by atoms with Gasteiger partial charge in [-0.1, -0.05) is 0 Å². The standard InChI is InChI=1S/C16H16N4O2S.ClH/c17-6-5-14-19-12(8-23-14)15(21)18-10-3-4-13-11(7-10)20-16(22-13)9-1-2-9;/h3-4,7-9H,1-2,5-6,17H2,(H,18,21);1H. The second-order valence-electron chi connectivity index (χ2n) is 5.63. The van der Waals surface area contributed by atoms with Gasteiger partial charge in [-0.3, -0.25) is 4.79 Å². The smallest absolute Gasteiger partial charge is 0.275 e. The molecule has 3 aromatic rings. The number of oxazole rings is 1. The van der Waals surface area contributed by atoms with Crippen molar-refractivity contribution in [3.63, 3.8) is 0 Å². The van der Waals surface area contributed by atoms with E-state index in [9.17, 15) is 4.79 Å². The van der Waals surface area contributed by atoms with Crippen LogP contribution in [0.5, 0.6) is 0 Å². The van der Waals surface area contributed by atoms with Crippen molar-refractivity contribution in [1.82, 2.24) is 9.97 Å². The number of hydrogen-bond donors (Lipinski definition) is 2. The first kappa shape index (κ1) is 16.9. The van der Waals surface area contributed by atoms with Crippen molar-refractivity contribution in [3.8, 4) is 0 Å². The van der Waals surface area contributed by atoms with Gasteiger partial charge in [0.1, 0.15) is 11.2 Å². The Morgan fingerprint density at radius 2 is 2.21 bits per heavy atom. The number of hydrogen-bond acceptors (Lipinski definition) is 6. The molecule has 1 aliphatic carbocycles. The lowest BCUT2D eigenvalue weighted by atomic mass is 10.3. The van der Waals surface area contributed by atoms with Crippen LogP contribution in [0.4, 0.5) is 5.69 Å². The monoisotopic (exact) mass is 364 g/mol. The molecule has 6 nitrogen and oxygen atoms in total. The number of fused-ring (bicyclic) bond motifs is 1. The zero-order valence-electron chi connectivity index (χ0n) is 12.8. The van der Waals surface area contributed by atoms with E-state index >= 15 is 0 Å². The van der Waals surface area contributed by atoms with Gasteiger partial charge in [-0.05, 0) is 37.6 Å². The molecule has 0 aliphatic heterocycles. The van der Waals surface area contributed by atoms with Crippen LogP contribution < -0.4 is 11.1 Å². The summed E-state index contributed by atoms with van der Waals surface area (Å²) in [5.74, 6) is 1.04. The molecule has 2 aromatic heterocycles. The van der Waals surface area contributed by atoms with Gasteiger partial charge >= 0.3 is 0 Å². The molecule has 8 heteroatoms. The fourth-order valence-corrected chi connectivity index (χ4v) is 3.17. The third kappa shape index (κ3) is 3.43. The van der Waals surface area contributed by atoms with Crippen LogP contribution in [0, 0.1) is 0 Å². The SMILES string of the molecule is Cl.NCCc1nc(C(=O)Nc2ccc3oc(C4CC4)nc3c2)cs1. The number of anilines is 1. The van der Waals surface area contributed by atoms with Crippen molar-refractivity contribution < 1.29 is 9.21 Å². The molecule has 0 bridgehead atoms. The molecule has 0 saturated heterocycles.